The highest BCUT2D eigenvalue weighted by molar-refractivity contribution is 6.46. The molecule has 2 heterocycles. The molecule has 1 unspecified atom stereocenters. The summed E-state index contributed by atoms with van der Waals surface area (Å²) in [5.74, 6) is -1.84. The number of ketones is 1. The first-order valence-electron chi connectivity index (χ1n) is 11.0. The number of likely N-dealkylation sites (tertiary alicyclic amines) is 1. The van der Waals surface area contributed by atoms with Gasteiger partial charge in [-0.25, -0.2) is 4.39 Å². The first kappa shape index (κ1) is 22.9. The molecule has 1 N–H and O–H groups in total. The van der Waals surface area contributed by atoms with E-state index in [9.17, 15) is 19.1 Å². The lowest BCUT2D eigenvalue weighted by Gasteiger charge is -2.30. The number of quaternary nitrogens is 1. The summed E-state index contributed by atoms with van der Waals surface area (Å²) in [5, 5.41) is 13.6. The third-order valence-corrected chi connectivity index (χ3v) is 6.30. The number of methoxy groups -OCH3 is 1. The van der Waals surface area contributed by atoms with Gasteiger partial charge in [0.1, 0.15) is 24.7 Å². The van der Waals surface area contributed by atoms with Gasteiger partial charge in [0.25, 0.3) is 5.91 Å². The van der Waals surface area contributed by atoms with Gasteiger partial charge in [-0.1, -0.05) is 24.0 Å². The molecule has 0 radical (unpaired) electrons. The van der Waals surface area contributed by atoms with Crippen molar-refractivity contribution in [1.29, 1.82) is 0 Å². The second-order valence-corrected chi connectivity index (χ2v) is 8.32. The van der Waals surface area contributed by atoms with E-state index in [1.165, 1.54) is 41.2 Å². The maximum Gasteiger partial charge on any atom is 0.295 e. The minimum absolute atomic E-state index is 0.100. The molecular weight excluding hydrogens is 427 g/mol. The molecule has 1 amide bonds. The van der Waals surface area contributed by atoms with E-state index in [1.807, 2.05) is 0 Å². The topological polar surface area (TPSA) is 83.3 Å². The van der Waals surface area contributed by atoms with Crippen molar-refractivity contribution in [3.05, 3.63) is 70.5 Å². The van der Waals surface area contributed by atoms with Gasteiger partial charge >= 0.3 is 0 Å². The summed E-state index contributed by atoms with van der Waals surface area (Å²) in [7, 11) is 1.53. The molecule has 0 aromatic heterocycles. The van der Waals surface area contributed by atoms with E-state index >= 15 is 0 Å². The highest BCUT2D eigenvalue weighted by Crippen LogP contribution is 2.39. The van der Waals surface area contributed by atoms with E-state index < -0.39 is 29.3 Å². The molecule has 2 fully saturated rings. The molecule has 4 rings (SSSR count). The Kier molecular flexibility index (Phi) is 6.76. The molecule has 33 heavy (non-hydrogen) atoms. The van der Waals surface area contributed by atoms with Crippen LogP contribution in [0.2, 0.25) is 0 Å². The number of rotatable bonds is 6. The summed E-state index contributed by atoms with van der Waals surface area (Å²) in [5.41, 5.74) is 1.40. The van der Waals surface area contributed by atoms with Gasteiger partial charge in [-0.15, -0.1) is 0 Å². The first-order valence-corrected chi connectivity index (χ1v) is 11.0. The van der Waals surface area contributed by atoms with Gasteiger partial charge in [0, 0.05) is 5.57 Å². The Hall–Kier alpha value is -3.23. The maximum atomic E-state index is 13.6. The molecule has 2 saturated heterocycles. The monoisotopic (exact) mass is 454 g/mol. The quantitative estimate of drug-likeness (QED) is 0.385. The normalized spacial score (nSPS) is 20.9. The molecule has 7 nitrogen and oxygen atoms in total. The van der Waals surface area contributed by atoms with Crippen LogP contribution in [0.5, 0.6) is 5.75 Å². The van der Waals surface area contributed by atoms with Gasteiger partial charge in [0.2, 0.25) is 5.78 Å². The highest BCUT2D eigenvalue weighted by Gasteiger charge is 2.44. The summed E-state index contributed by atoms with van der Waals surface area (Å²) in [6, 6.07) is 9.69. The highest BCUT2D eigenvalue weighted by atomic mass is 19.1. The predicted molar refractivity (Wildman–Crippen MR) is 117 cm³/mol. The molecule has 174 valence electrons. The number of amides is 1. The largest absolute Gasteiger partial charge is 0.872 e. The fourth-order valence-electron chi connectivity index (χ4n) is 4.44. The smallest absolute Gasteiger partial charge is 0.295 e. The van der Waals surface area contributed by atoms with Gasteiger partial charge in [0.15, 0.2) is 0 Å². The van der Waals surface area contributed by atoms with E-state index in [2.05, 4.69) is 0 Å². The van der Waals surface area contributed by atoms with Crippen LogP contribution in [0.4, 0.5) is 4.39 Å². The Bertz CT molecular complexity index is 1080. The van der Waals surface area contributed by atoms with Crippen molar-refractivity contribution in [1.82, 2.24) is 4.90 Å². The molecule has 1 atom stereocenters. The number of nitrogens with one attached hydrogen (secondary N) is 1. The number of aryl methyl sites for hydroxylation is 1. The Balaban J connectivity index is 1.75. The van der Waals surface area contributed by atoms with Crippen molar-refractivity contribution in [3.63, 3.8) is 0 Å². The summed E-state index contributed by atoms with van der Waals surface area (Å²) in [6.07, 6.45) is 0. The Labute approximate surface area is 192 Å². The number of ether oxygens (including phenoxy) is 2. The first-order chi connectivity index (χ1) is 15.9. The van der Waals surface area contributed by atoms with Gasteiger partial charge in [-0.05, 0) is 47.9 Å². The zero-order valence-corrected chi connectivity index (χ0v) is 18.7. The number of halogens is 1. The van der Waals surface area contributed by atoms with Crippen LogP contribution in [0.3, 0.4) is 0 Å². The Morgan fingerprint density at radius 1 is 1.18 bits per heavy atom. The minimum Gasteiger partial charge on any atom is -0.872 e. The van der Waals surface area contributed by atoms with Crippen LogP contribution < -0.4 is 14.7 Å². The fourth-order valence-corrected chi connectivity index (χ4v) is 4.44. The molecule has 2 aromatic carbocycles. The summed E-state index contributed by atoms with van der Waals surface area (Å²) < 4.78 is 24.2. The molecule has 2 aliphatic rings. The number of hydrogen-bond donors (Lipinski definition) is 1. The fraction of sp³-hybridized carbons (Fsp3) is 0.360. The van der Waals surface area contributed by atoms with Crippen LogP contribution in [0.15, 0.2) is 48.0 Å². The van der Waals surface area contributed by atoms with Crippen LogP contribution >= 0.6 is 0 Å². The van der Waals surface area contributed by atoms with E-state index in [0.29, 0.717) is 48.7 Å². The minimum atomic E-state index is -0.861. The van der Waals surface area contributed by atoms with Gasteiger partial charge in [-0.2, -0.15) is 0 Å². The number of carbonyl (C=O) groups excluding carboxylic acids is 2. The molecule has 0 saturated carbocycles. The standard InChI is InChI=1S/C25H27FN2O5/c1-16-15-19(32-2)7-8-20(16)23(29)21-22(17-3-5-18(26)6-4-17)28(25(31)24(21)30)10-9-27-11-13-33-14-12-27/h3-8,15,22,29H,9-14H2,1-2H3/b23-21+. The van der Waals surface area contributed by atoms with Crippen LogP contribution in [-0.4, -0.2) is 63.1 Å². The molecule has 0 bridgehead atoms. The van der Waals surface area contributed by atoms with Crippen molar-refractivity contribution in [3.8, 4) is 5.75 Å². The van der Waals surface area contributed by atoms with E-state index in [0.717, 1.165) is 13.1 Å². The van der Waals surface area contributed by atoms with Gasteiger partial charge < -0.3 is 24.4 Å². The van der Waals surface area contributed by atoms with Gasteiger partial charge in [0.05, 0.1) is 39.5 Å². The second-order valence-electron chi connectivity index (χ2n) is 8.32. The number of nitrogens with zero attached hydrogens (tertiary/aromatic N) is 1. The van der Waals surface area contributed by atoms with Crippen LogP contribution in [0.1, 0.15) is 22.7 Å². The van der Waals surface area contributed by atoms with Crippen molar-refractivity contribution < 1.29 is 33.5 Å². The lowest BCUT2D eigenvalue weighted by atomic mass is 9.94. The second kappa shape index (κ2) is 9.72. The van der Waals surface area contributed by atoms with Gasteiger partial charge in [-0.3, -0.25) is 9.59 Å². The van der Waals surface area contributed by atoms with E-state index in [-0.39, 0.29) is 5.57 Å². The summed E-state index contributed by atoms with van der Waals surface area (Å²) in [6.45, 7) is 5.62. The van der Waals surface area contributed by atoms with E-state index in [1.54, 1.807) is 25.1 Å². The predicted octanol–water partition coefficient (Wildman–Crippen LogP) is 0.282. The number of hydrogen-bond acceptors (Lipinski definition) is 5. The third kappa shape index (κ3) is 4.62. The average molecular weight is 454 g/mol. The third-order valence-electron chi connectivity index (χ3n) is 6.30. The zero-order valence-electron chi connectivity index (χ0n) is 18.7. The summed E-state index contributed by atoms with van der Waals surface area (Å²) >= 11 is 0. The number of Topliss-reactive ketones (excluding diaryl/α,β-unsaturated/α-hetero) is 1. The zero-order chi connectivity index (χ0) is 23.5. The number of carbonyl (C=O) groups is 2. The molecule has 2 aromatic rings. The maximum absolute atomic E-state index is 13.6. The van der Waals surface area contributed by atoms with Crippen LogP contribution in [0, 0.1) is 12.7 Å². The summed E-state index contributed by atoms with van der Waals surface area (Å²) in [4.78, 5) is 28.8. The van der Waals surface area contributed by atoms with Crippen molar-refractivity contribution in [2.75, 3.05) is 46.5 Å². The molecule has 8 heteroatoms. The SMILES string of the molecule is COc1ccc(/C([O-])=C2\C(=O)C(=O)N(CC[NH+]3CCOCC3)C2c2ccc(F)cc2)c(C)c1. The lowest BCUT2D eigenvalue weighted by Crippen LogP contribution is -3.14. The van der Waals surface area contributed by atoms with Crippen molar-refractivity contribution in [2.45, 2.75) is 13.0 Å². The van der Waals surface area contributed by atoms with Crippen LogP contribution in [-0.2, 0) is 14.3 Å². The average Bonchev–Trinajstić information content (AvgIpc) is 3.08. The molecule has 2 aliphatic heterocycles. The number of morpholine rings is 1. The van der Waals surface area contributed by atoms with E-state index in [4.69, 9.17) is 9.47 Å². The Morgan fingerprint density at radius 3 is 2.52 bits per heavy atom. The van der Waals surface area contributed by atoms with Crippen molar-refractivity contribution >= 4 is 17.4 Å². The molecule has 0 aliphatic carbocycles. The molecule has 0 spiro atoms. The van der Waals surface area contributed by atoms with Crippen molar-refractivity contribution in [2.24, 2.45) is 0 Å². The molecular formula is C25H27FN2O5. The lowest BCUT2D eigenvalue weighted by molar-refractivity contribution is -0.907. The Morgan fingerprint density at radius 2 is 1.88 bits per heavy atom. The van der Waals surface area contributed by atoms with Crippen LogP contribution in [0.25, 0.3) is 5.76 Å². The number of benzene rings is 2.